The van der Waals surface area contributed by atoms with Gasteiger partial charge in [-0.1, -0.05) is 6.07 Å². The minimum atomic E-state index is -0.831. The Morgan fingerprint density at radius 1 is 1.22 bits per heavy atom. The fourth-order valence-corrected chi connectivity index (χ4v) is 2.27. The summed E-state index contributed by atoms with van der Waals surface area (Å²) < 4.78 is 0. The number of carboxylic acid groups (broad SMARTS) is 1. The molecule has 2 rings (SSSR count). The van der Waals surface area contributed by atoms with Crippen molar-refractivity contribution in [2.75, 3.05) is 5.32 Å². The standard InChI is InChI=1S/C13H15NO4/c15-11-3-1-2-10(7-11)14-12(16)8-4-5-9(6-8)13(17)18/h1-3,7-9,15H,4-6H2,(H,14,16)(H,17,18)/t8-,9+/m1/s1. The first-order valence-electron chi connectivity index (χ1n) is 5.89. The predicted octanol–water partition coefficient (Wildman–Crippen LogP) is 1.83. The van der Waals surface area contributed by atoms with Gasteiger partial charge in [0.2, 0.25) is 5.91 Å². The highest BCUT2D eigenvalue weighted by atomic mass is 16.4. The zero-order chi connectivity index (χ0) is 13.1. The molecule has 1 aromatic rings. The van der Waals surface area contributed by atoms with Crippen molar-refractivity contribution in [2.45, 2.75) is 19.3 Å². The fraction of sp³-hybridized carbons (Fsp3) is 0.385. The Hall–Kier alpha value is -2.04. The summed E-state index contributed by atoms with van der Waals surface area (Å²) >= 11 is 0. The molecular weight excluding hydrogens is 234 g/mol. The first-order chi connectivity index (χ1) is 8.56. The molecular formula is C13H15NO4. The number of carbonyl (C=O) groups is 2. The van der Waals surface area contributed by atoms with Crippen LogP contribution in [0.3, 0.4) is 0 Å². The van der Waals surface area contributed by atoms with Gasteiger partial charge in [-0.05, 0) is 31.4 Å². The molecule has 0 unspecified atom stereocenters. The van der Waals surface area contributed by atoms with Gasteiger partial charge in [0.05, 0.1) is 5.92 Å². The van der Waals surface area contributed by atoms with Crippen LogP contribution in [0, 0.1) is 11.8 Å². The van der Waals surface area contributed by atoms with Crippen molar-refractivity contribution in [3.05, 3.63) is 24.3 Å². The lowest BCUT2D eigenvalue weighted by Gasteiger charge is -2.10. The van der Waals surface area contributed by atoms with Crippen molar-refractivity contribution in [2.24, 2.45) is 11.8 Å². The van der Waals surface area contributed by atoms with Crippen molar-refractivity contribution in [1.29, 1.82) is 0 Å². The van der Waals surface area contributed by atoms with Gasteiger partial charge in [-0.2, -0.15) is 0 Å². The molecule has 5 heteroatoms. The van der Waals surface area contributed by atoms with E-state index in [0.29, 0.717) is 24.9 Å². The van der Waals surface area contributed by atoms with E-state index in [-0.39, 0.29) is 17.6 Å². The van der Waals surface area contributed by atoms with Gasteiger partial charge in [0.1, 0.15) is 5.75 Å². The molecule has 1 amide bonds. The number of hydrogen-bond acceptors (Lipinski definition) is 3. The fourth-order valence-electron chi connectivity index (χ4n) is 2.27. The number of aliphatic carboxylic acids is 1. The van der Waals surface area contributed by atoms with E-state index in [2.05, 4.69) is 5.32 Å². The summed E-state index contributed by atoms with van der Waals surface area (Å²) in [6.07, 6.45) is 1.54. The Labute approximate surface area is 104 Å². The average molecular weight is 249 g/mol. The topological polar surface area (TPSA) is 86.6 Å². The second-order valence-corrected chi connectivity index (χ2v) is 4.58. The molecule has 0 heterocycles. The highest BCUT2D eigenvalue weighted by Gasteiger charge is 2.33. The van der Waals surface area contributed by atoms with Crippen LogP contribution in [0.2, 0.25) is 0 Å². The molecule has 0 bridgehead atoms. The van der Waals surface area contributed by atoms with E-state index in [1.165, 1.54) is 12.1 Å². The van der Waals surface area contributed by atoms with E-state index < -0.39 is 11.9 Å². The number of phenols is 1. The zero-order valence-corrected chi connectivity index (χ0v) is 9.80. The molecule has 1 aliphatic carbocycles. The Balaban J connectivity index is 1.95. The van der Waals surface area contributed by atoms with Gasteiger partial charge >= 0.3 is 5.97 Å². The van der Waals surface area contributed by atoms with Crippen molar-refractivity contribution in [3.8, 4) is 5.75 Å². The van der Waals surface area contributed by atoms with Crippen LogP contribution in [-0.4, -0.2) is 22.1 Å². The first-order valence-corrected chi connectivity index (χ1v) is 5.89. The summed E-state index contributed by atoms with van der Waals surface area (Å²) in [6.45, 7) is 0. The number of anilines is 1. The van der Waals surface area contributed by atoms with Gasteiger partial charge < -0.3 is 15.5 Å². The molecule has 1 saturated carbocycles. The highest BCUT2D eigenvalue weighted by molar-refractivity contribution is 5.93. The number of carbonyl (C=O) groups excluding carboxylic acids is 1. The van der Waals surface area contributed by atoms with E-state index in [1.807, 2.05) is 0 Å². The van der Waals surface area contributed by atoms with Crippen molar-refractivity contribution >= 4 is 17.6 Å². The van der Waals surface area contributed by atoms with Crippen molar-refractivity contribution in [1.82, 2.24) is 0 Å². The lowest BCUT2D eigenvalue weighted by molar-refractivity contribution is -0.141. The Morgan fingerprint density at radius 2 is 1.94 bits per heavy atom. The lowest BCUT2D eigenvalue weighted by Crippen LogP contribution is -2.21. The van der Waals surface area contributed by atoms with Gasteiger partial charge in [-0.3, -0.25) is 9.59 Å². The third-order valence-electron chi connectivity index (χ3n) is 3.27. The average Bonchev–Trinajstić information content (AvgIpc) is 2.78. The third-order valence-corrected chi connectivity index (χ3v) is 3.27. The molecule has 1 fully saturated rings. The molecule has 96 valence electrons. The van der Waals surface area contributed by atoms with Crippen LogP contribution in [0.25, 0.3) is 0 Å². The summed E-state index contributed by atoms with van der Waals surface area (Å²) in [5.74, 6) is -1.59. The van der Waals surface area contributed by atoms with Gasteiger partial charge in [-0.25, -0.2) is 0 Å². The Morgan fingerprint density at radius 3 is 2.56 bits per heavy atom. The lowest BCUT2D eigenvalue weighted by atomic mass is 10.0. The summed E-state index contributed by atoms with van der Waals surface area (Å²) in [5, 5.41) is 20.8. The summed E-state index contributed by atoms with van der Waals surface area (Å²) in [4.78, 5) is 22.7. The van der Waals surface area contributed by atoms with Crippen LogP contribution >= 0.6 is 0 Å². The van der Waals surface area contributed by atoms with Crippen LogP contribution < -0.4 is 5.32 Å². The smallest absolute Gasteiger partial charge is 0.306 e. The van der Waals surface area contributed by atoms with Crippen molar-refractivity contribution < 1.29 is 19.8 Å². The molecule has 5 nitrogen and oxygen atoms in total. The quantitative estimate of drug-likeness (QED) is 0.762. The number of nitrogens with one attached hydrogen (secondary N) is 1. The van der Waals surface area contributed by atoms with Crippen LogP contribution in [0.1, 0.15) is 19.3 Å². The van der Waals surface area contributed by atoms with Gasteiger partial charge in [0.15, 0.2) is 0 Å². The van der Waals surface area contributed by atoms with Gasteiger partial charge in [0, 0.05) is 17.7 Å². The number of aromatic hydroxyl groups is 1. The van der Waals surface area contributed by atoms with E-state index >= 15 is 0 Å². The second kappa shape index (κ2) is 5.08. The highest BCUT2D eigenvalue weighted by Crippen LogP contribution is 2.32. The number of hydrogen-bond donors (Lipinski definition) is 3. The normalized spacial score (nSPS) is 22.7. The van der Waals surface area contributed by atoms with Crippen LogP contribution in [-0.2, 0) is 9.59 Å². The van der Waals surface area contributed by atoms with Crippen molar-refractivity contribution in [3.63, 3.8) is 0 Å². The molecule has 0 radical (unpaired) electrons. The zero-order valence-electron chi connectivity index (χ0n) is 9.80. The van der Waals surface area contributed by atoms with Crippen LogP contribution in [0.15, 0.2) is 24.3 Å². The maximum absolute atomic E-state index is 11.9. The summed E-state index contributed by atoms with van der Waals surface area (Å²) in [6, 6.07) is 6.30. The summed E-state index contributed by atoms with van der Waals surface area (Å²) in [5.41, 5.74) is 0.527. The second-order valence-electron chi connectivity index (χ2n) is 4.58. The maximum Gasteiger partial charge on any atom is 0.306 e. The number of amides is 1. The molecule has 0 aliphatic heterocycles. The first kappa shape index (κ1) is 12.4. The van der Waals surface area contributed by atoms with Gasteiger partial charge in [0.25, 0.3) is 0 Å². The third kappa shape index (κ3) is 2.80. The van der Waals surface area contributed by atoms with Crippen LogP contribution in [0.4, 0.5) is 5.69 Å². The molecule has 0 saturated heterocycles. The molecule has 2 atom stereocenters. The predicted molar refractivity (Wildman–Crippen MR) is 65.2 cm³/mol. The van der Waals surface area contributed by atoms with E-state index in [4.69, 9.17) is 5.11 Å². The van der Waals surface area contributed by atoms with Gasteiger partial charge in [-0.15, -0.1) is 0 Å². The number of benzene rings is 1. The Bertz CT molecular complexity index is 472. The maximum atomic E-state index is 11.9. The molecule has 3 N–H and O–H groups in total. The van der Waals surface area contributed by atoms with E-state index in [9.17, 15) is 14.7 Å². The Kier molecular flexibility index (Phi) is 3.50. The number of phenolic OH excluding ortho intramolecular Hbond substituents is 1. The molecule has 0 aromatic heterocycles. The SMILES string of the molecule is O=C(O)[C@H]1CC[C@@H](C(=O)Nc2cccc(O)c2)C1. The minimum absolute atomic E-state index is 0.0858. The molecule has 1 aliphatic rings. The van der Waals surface area contributed by atoms with E-state index in [0.717, 1.165) is 0 Å². The van der Waals surface area contributed by atoms with E-state index in [1.54, 1.807) is 12.1 Å². The number of carboxylic acids is 1. The van der Waals surface area contributed by atoms with Crippen LogP contribution in [0.5, 0.6) is 5.75 Å². The summed E-state index contributed by atoms with van der Waals surface area (Å²) in [7, 11) is 0. The largest absolute Gasteiger partial charge is 0.508 e. The monoisotopic (exact) mass is 249 g/mol. The molecule has 1 aromatic carbocycles. The molecule has 0 spiro atoms. The molecule has 18 heavy (non-hydrogen) atoms. The minimum Gasteiger partial charge on any atom is -0.508 e. The number of rotatable bonds is 3.